The van der Waals surface area contributed by atoms with Gasteiger partial charge in [0.2, 0.25) is 0 Å². The molecule has 1 heterocycles. The van der Waals surface area contributed by atoms with Crippen LogP contribution in [-0.4, -0.2) is 12.2 Å². The zero-order valence-corrected chi connectivity index (χ0v) is 10.7. The van der Waals surface area contributed by atoms with E-state index in [9.17, 15) is 5.11 Å². The topological polar surface area (TPSA) is 29.5 Å². The van der Waals surface area contributed by atoms with Crippen LogP contribution >= 0.6 is 11.8 Å². The summed E-state index contributed by atoms with van der Waals surface area (Å²) in [7, 11) is 1.65. The van der Waals surface area contributed by atoms with Gasteiger partial charge >= 0.3 is 0 Å². The van der Waals surface area contributed by atoms with Crippen molar-refractivity contribution in [3.05, 3.63) is 53.6 Å². The number of aliphatic hydroxyl groups is 1. The second kappa shape index (κ2) is 4.42. The molecule has 1 aliphatic heterocycles. The van der Waals surface area contributed by atoms with Crippen LogP contribution in [0.1, 0.15) is 11.1 Å². The molecular weight excluding hydrogens is 244 g/mol. The molecule has 2 aromatic rings. The van der Waals surface area contributed by atoms with Crippen molar-refractivity contribution in [1.29, 1.82) is 0 Å². The summed E-state index contributed by atoms with van der Waals surface area (Å²) >= 11 is 1.62. The standard InChI is InChI=1S/C15H12O2S/c1-17-13-7-4-6-11-12(16)9-10-5-2-3-8-14(10)18-15(11)13/h2-9,16H,1H3. The maximum Gasteiger partial charge on any atom is 0.133 e. The second-order valence-electron chi connectivity index (χ2n) is 4.01. The Kier molecular flexibility index (Phi) is 2.76. The SMILES string of the molecule is COc1cccc2c1Sc1ccccc1C=C2O. The molecule has 0 radical (unpaired) electrons. The van der Waals surface area contributed by atoms with E-state index < -0.39 is 0 Å². The Balaban J connectivity index is 2.26. The maximum atomic E-state index is 10.2. The van der Waals surface area contributed by atoms with Gasteiger partial charge < -0.3 is 9.84 Å². The Morgan fingerprint density at radius 3 is 2.72 bits per heavy atom. The third kappa shape index (κ3) is 1.77. The fraction of sp³-hybridized carbons (Fsp3) is 0.0667. The lowest BCUT2D eigenvalue weighted by Gasteiger charge is -2.11. The average molecular weight is 256 g/mol. The zero-order valence-electron chi connectivity index (χ0n) is 9.88. The molecule has 0 amide bonds. The lowest BCUT2D eigenvalue weighted by molar-refractivity contribution is 0.403. The summed E-state index contributed by atoms with van der Waals surface area (Å²) in [6, 6.07) is 13.7. The predicted octanol–water partition coefficient (Wildman–Crippen LogP) is 4.22. The smallest absolute Gasteiger partial charge is 0.133 e. The molecule has 0 unspecified atom stereocenters. The Hall–Kier alpha value is -1.87. The normalized spacial score (nSPS) is 13.1. The lowest BCUT2D eigenvalue weighted by atomic mass is 10.1. The van der Waals surface area contributed by atoms with Gasteiger partial charge in [-0.25, -0.2) is 0 Å². The fourth-order valence-electron chi connectivity index (χ4n) is 2.01. The summed E-state index contributed by atoms with van der Waals surface area (Å²) in [5.41, 5.74) is 1.84. The van der Waals surface area contributed by atoms with E-state index in [1.54, 1.807) is 24.9 Å². The van der Waals surface area contributed by atoms with Crippen LogP contribution in [0.15, 0.2) is 52.3 Å². The number of hydrogen-bond acceptors (Lipinski definition) is 3. The highest BCUT2D eigenvalue weighted by Gasteiger charge is 2.18. The van der Waals surface area contributed by atoms with E-state index in [4.69, 9.17) is 4.74 Å². The Morgan fingerprint density at radius 1 is 1.06 bits per heavy atom. The molecule has 0 fully saturated rings. The van der Waals surface area contributed by atoms with Crippen molar-refractivity contribution in [2.45, 2.75) is 9.79 Å². The van der Waals surface area contributed by atoms with Gasteiger partial charge in [-0.1, -0.05) is 36.0 Å². The minimum Gasteiger partial charge on any atom is -0.507 e. The third-order valence-corrected chi connectivity index (χ3v) is 4.11. The molecule has 0 bridgehead atoms. The second-order valence-corrected chi connectivity index (χ2v) is 5.06. The highest BCUT2D eigenvalue weighted by atomic mass is 32.2. The number of aliphatic hydroxyl groups excluding tert-OH is 1. The van der Waals surface area contributed by atoms with Gasteiger partial charge in [0.25, 0.3) is 0 Å². The first-order valence-corrected chi connectivity index (χ1v) is 6.46. The molecule has 0 aromatic heterocycles. The Bertz CT molecular complexity index is 632. The van der Waals surface area contributed by atoms with Crippen LogP contribution in [0.2, 0.25) is 0 Å². The minimum absolute atomic E-state index is 0.279. The predicted molar refractivity (Wildman–Crippen MR) is 74.1 cm³/mol. The van der Waals surface area contributed by atoms with Gasteiger partial charge in [0.05, 0.1) is 12.0 Å². The molecule has 2 nitrogen and oxygen atoms in total. The number of fused-ring (bicyclic) bond motifs is 2. The van der Waals surface area contributed by atoms with E-state index >= 15 is 0 Å². The van der Waals surface area contributed by atoms with Crippen LogP contribution in [0.3, 0.4) is 0 Å². The van der Waals surface area contributed by atoms with E-state index in [0.29, 0.717) is 0 Å². The first-order valence-electron chi connectivity index (χ1n) is 5.64. The highest BCUT2D eigenvalue weighted by molar-refractivity contribution is 7.99. The van der Waals surface area contributed by atoms with Crippen molar-refractivity contribution in [1.82, 2.24) is 0 Å². The molecule has 18 heavy (non-hydrogen) atoms. The van der Waals surface area contributed by atoms with E-state index in [2.05, 4.69) is 0 Å². The first-order chi connectivity index (χ1) is 8.79. The third-order valence-electron chi connectivity index (χ3n) is 2.90. The lowest BCUT2D eigenvalue weighted by Crippen LogP contribution is -1.90. The molecule has 0 aliphatic carbocycles. The molecule has 0 atom stereocenters. The van der Waals surface area contributed by atoms with Crippen LogP contribution in [0.25, 0.3) is 11.8 Å². The van der Waals surface area contributed by atoms with Crippen LogP contribution in [0.4, 0.5) is 0 Å². The Labute approximate surface area is 110 Å². The van der Waals surface area contributed by atoms with Crippen LogP contribution in [-0.2, 0) is 0 Å². The Morgan fingerprint density at radius 2 is 1.89 bits per heavy atom. The van der Waals surface area contributed by atoms with Gasteiger partial charge in [-0.3, -0.25) is 0 Å². The van der Waals surface area contributed by atoms with Gasteiger partial charge in [-0.05, 0) is 29.8 Å². The van der Waals surface area contributed by atoms with Gasteiger partial charge in [0, 0.05) is 10.5 Å². The highest BCUT2D eigenvalue weighted by Crippen LogP contribution is 2.44. The van der Waals surface area contributed by atoms with E-state index in [-0.39, 0.29) is 5.76 Å². The molecule has 90 valence electrons. The fourth-order valence-corrected chi connectivity index (χ4v) is 3.16. The van der Waals surface area contributed by atoms with Crippen LogP contribution < -0.4 is 4.74 Å². The number of hydrogen-bond donors (Lipinski definition) is 1. The molecular formula is C15H12O2S. The van der Waals surface area contributed by atoms with E-state index in [0.717, 1.165) is 26.7 Å². The van der Waals surface area contributed by atoms with Gasteiger partial charge in [-0.15, -0.1) is 0 Å². The van der Waals surface area contributed by atoms with Crippen LogP contribution in [0.5, 0.6) is 5.75 Å². The van der Waals surface area contributed by atoms with E-state index in [1.165, 1.54) is 0 Å². The molecule has 3 heteroatoms. The van der Waals surface area contributed by atoms with Crippen molar-refractivity contribution in [3.63, 3.8) is 0 Å². The monoisotopic (exact) mass is 256 g/mol. The summed E-state index contributed by atoms with van der Waals surface area (Å²) < 4.78 is 5.37. The number of benzene rings is 2. The van der Waals surface area contributed by atoms with Crippen molar-refractivity contribution >= 4 is 23.6 Å². The quantitative estimate of drug-likeness (QED) is 0.828. The van der Waals surface area contributed by atoms with Gasteiger partial charge in [0.1, 0.15) is 11.5 Å². The van der Waals surface area contributed by atoms with Crippen molar-refractivity contribution < 1.29 is 9.84 Å². The summed E-state index contributed by atoms with van der Waals surface area (Å²) in [6.45, 7) is 0. The summed E-state index contributed by atoms with van der Waals surface area (Å²) in [5, 5.41) is 10.2. The summed E-state index contributed by atoms with van der Waals surface area (Å²) in [5.74, 6) is 1.07. The molecule has 0 saturated carbocycles. The summed E-state index contributed by atoms with van der Waals surface area (Å²) in [6.07, 6.45) is 1.80. The summed E-state index contributed by atoms with van der Waals surface area (Å²) in [4.78, 5) is 2.08. The number of ether oxygens (including phenoxy) is 1. The molecule has 1 N–H and O–H groups in total. The number of rotatable bonds is 1. The first kappa shape index (κ1) is 11.2. The molecule has 0 spiro atoms. The molecule has 0 saturated heterocycles. The molecule has 2 aromatic carbocycles. The largest absolute Gasteiger partial charge is 0.507 e. The van der Waals surface area contributed by atoms with Crippen molar-refractivity contribution in [3.8, 4) is 5.75 Å². The van der Waals surface area contributed by atoms with Crippen LogP contribution in [0, 0.1) is 0 Å². The minimum atomic E-state index is 0.279. The number of methoxy groups -OCH3 is 1. The van der Waals surface area contributed by atoms with Gasteiger partial charge in [0.15, 0.2) is 0 Å². The molecule has 3 rings (SSSR count). The van der Waals surface area contributed by atoms with Gasteiger partial charge in [-0.2, -0.15) is 0 Å². The van der Waals surface area contributed by atoms with Crippen molar-refractivity contribution in [2.24, 2.45) is 0 Å². The average Bonchev–Trinajstić information content (AvgIpc) is 2.54. The zero-order chi connectivity index (χ0) is 12.5. The molecule has 1 aliphatic rings. The maximum absolute atomic E-state index is 10.2. The van der Waals surface area contributed by atoms with Crippen molar-refractivity contribution in [2.75, 3.05) is 7.11 Å². The van der Waals surface area contributed by atoms with E-state index in [1.807, 2.05) is 42.5 Å².